The predicted octanol–water partition coefficient (Wildman–Crippen LogP) is 9.85. The molecule has 2 unspecified atom stereocenters. The number of ether oxygens (including phenoxy) is 2. The lowest BCUT2D eigenvalue weighted by Gasteiger charge is -2.29. The largest absolute Gasteiger partial charge is 0.490 e. The second kappa shape index (κ2) is 13.8. The molecule has 1 aliphatic heterocycles. The van der Waals surface area contributed by atoms with Crippen LogP contribution in [-0.4, -0.2) is 19.3 Å². The lowest BCUT2D eigenvalue weighted by atomic mass is 9.89. The first kappa shape index (κ1) is 28.2. The molecule has 0 spiro atoms. The molecule has 1 aliphatic rings. The maximum Gasteiger partial charge on any atom is 0.201 e. The van der Waals surface area contributed by atoms with Gasteiger partial charge in [0.15, 0.2) is 11.6 Å². The third kappa shape index (κ3) is 6.99. The Bertz CT molecular complexity index is 1170. The smallest absolute Gasteiger partial charge is 0.201 e. The zero-order chi connectivity index (χ0) is 26.9. The van der Waals surface area contributed by atoms with E-state index in [1.807, 2.05) is 6.07 Å². The van der Waals surface area contributed by atoms with Crippen LogP contribution >= 0.6 is 0 Å². The molecule has 0 N–H and O–H groups in total. The zero-order valence-corrected chi connectivity index (χ0v) is 22.6. The molecule has 5 heteroatoms. The van der Waals surface area contributed by atoms with Gasteiger partial charge in [0.2, 0.25) is 5.82 Å². The Labute approximate surface area is 225 Å². The van der Waals surface area contributed by atoms with Crippen molar-refractivity contribution in [1.82, 2.24) is 0 Å². The summed E-state index contributed by atoms with van der Waals surface area (Å²) in [6.45, 7) is 5.26. The molecule has 0 bridgehead atoms. The lowest BCUT2D eigenvalue weighted by Crippen LogP contribution is -2.24. The van der Waals surface area contributed by atoms with Gasteiger partial charge in [-0.2, -0.15) is 4.39 Å². The normalized spacial score (nSPS) is 17.5. The summed E-state index contributed by atoms with van der Waals surface area (Å²) < 4.78 is 56.0. The van der Waals surface area contributed by atoms with Crippen LogP contribution in [0.25, 0.3) is 22.3 Å². The van der Waals surface area contributed by atoms with E-state index in [9.17, 15) is 8.78 Å². The van der Waals surface area contributed by atoms with E-state index in [4.69, 9.17) is 9.47 Å². The van der Waals surface area contributed by atoms with Crippen LogP contribution in [0.1, 0.15) is 83.1 Å². The molecule has 2 atom stereocenters. The molecule has 1 fully saturated rings. The highest BCUT2D eigenvalue weighted by Gasteiger charge is 2.23. The van der Waals surface area contributed by atoms with Gasteiger partial charge in [-0.3, -0.25) is 0 Å². The fourth-order valence-corrected chi connectivity index (χ4v) is 5.17. The van der Waals surface area contributed by atoms with Crippen molar-refractivity contribution < 1.29 is 22.6 Å². The van der Waals surface area contributed by atoms with Crippen LogP contribution in [-0.2, 0) is 4.74 Å². The van der Waals surface area contributed by atoms with E-state index in [-0.39, 0.29) is 23.0 Å². The molecule has 0 aromatic heterocycles. The van der Waals surface area contributed by atoms with Gasteiger partial charge in [0.25, 0.3) is 0 Å². The monoisotopic (exact) mass is 524 g/mol. The van der Waals surface area contributed by atoms with Gasteiger partial charge in [0.05, 0.1) is 19.3 Å². The van der Waals surface area contributed by atoms with Gasteiger partial charge in [0, 0.05) is 17.0 Å². The first-order chi connectivity index (χ1) is 18.5. The van der Waals surface area contributed by atoms with Crippen molar-refractivity contribution in [2.45, 2.75) is 83.7 Å². The average molecular weight is 525 g/mol. The molecule has 1 saturated heterocycles. The average Bonchev–Trinajstić information content (AvgIpc) is 2.94. The Morgan fingerprint density at radius 2 is 1.45 bits per heavy atom. The Hall–Kier alpha value is -2.79. The zero-order valence-electron chi connectivity index (χ0n) is 22.6. The van der Waals surface area contributed by atoms with E-state index in [0.717, 1.165) is 44.1 Å². The van der Waals surface area contributed by atoms with Gasteiger partial charge in [-0.15, -0.1) is 0 Å². The number of halogens is 3. The van der Waals surface area contributed by atoms with Gasteiger partial charge in [-0.05, 0) is 60.6 Å². The molecule has 0 amide bonds. The minimum absolute atomic E-state index is 0.0727. The van der Waals surface area contributed by atoms with Crippen molar-refractivity contribution in [2.24, 2.45) is 0 Å². The highest BCUT2D eigenvalue weighted by Crippen LogP contribution is 2.35. The SMILES string of the molecule is CCCCCOc1ccc(-c2ccc(-c3ccc(C4CCC(CCCCC)OC4)cc3F)cc2)c(F)c1F. The molecule has 4 rings (SSSR count). The topological polar surface area (TPSA) is 18.5 Å². The van der Waals surface area contributed by atoms with Crippen molar-refractivity contribution in [1.29, 1.82) is 0 Å². The van der Waals surface area contributed by atoms with Crippen molar-refractivity contribution in [3.05, 3.63) is 77.6 Å². The minimum atomic E-state index is -0.983. The quantitative estimate of drug-likeness (QED) is 0.220. The minimum Gasteiger partial charge on any atom is -0.490 e. The van der Waals surface area contributed by atoms with Crippen LogP contribution in [0.3, 0.4) is 0 Å². The molecule has 204 valence electrons. The fourth-order valence-electron chi connectivity index (χ4n) is 5.17. The highest BCUT2D eigenvalue weighted by atomic mass is 19.2. The summed E-state index contributed by atoms with van der Waals surface area (Å²) in [6.07, 6.45) is 9.91. The van der Waals surface area contributed by atoms with E-state index >= 15 is 4.39 Å². The summed E-state index contributed by atoms with van der Waals surface area (Å²) in [6, 6.07) is 15.3. The van der Waals surface area contributed by atoms with Crippen LogP contribution in [0.15, 0.2) is 54.6 Å². The van der Waals surface area contributed by atoms with Crippen molar-refractivity contribution in [3.8, 4) is 28.0 Å². The second-order valence-electron chi connectivity index (χ2n) is 10.3. The van der Waals surface area contributed by atoms with E-state index in [2.05, 4.69) is 13.8 Å². The standard InChI is InChI=1S/C33H39F3O2/c1-3-5-7-9-27-16-14-26(22-38-27)25-15-17-28(30(34)21-25)23-10-12-24(13-11-23)29-18-19-31(33(36)32(29)35)37-20-8-6-4-2/h10-13,15,17-19,21,26-27H,3-9,14,16,20,22H2,1-2H3. The van der Waals surface area contributed by atoms with E-state index in [0.29, 0.717) is 36.0 Å². The van der Waals surface area contributed by atoms with E-state index in [1.165, 1.54) is 31.4 Å². The van der Waals surface area contributed by atoms with Crippen molar-refractivity contribution in [3.63, 3.8) is 0 Å². The van der Waals surface area contributed by atoms with E-state index in [1.54, 1.807) is 36.4 Å². The molecule has 38 heavy (non-hydrogen) atoms. The van der Waals surface area contributed by atoms with Crippen LogP contribution < -0.4 is 4.74 Å². The highest BCUT2D eigenvalue weighted by molar-refractivity contribution is 5.71. The molecule has 0 aliphatic carbocycles. The molecular weight excluding hydrogens is 485 g/mol. The Balaban J connectivity index is 1.41. The summed E-state index contributed by atoms with van der Waals surface area (Å²) in [5.74, 6) is -2.08. The molecule has 3 aromatic carbocycles. The van der Waals surface area contributed by atoms with Gasteiger partial charge in [-0.25, -0.2) is 8.78 Å². The summed E-state index contributed by atoms with van der Waals surface area (Å²) in [4.78, 5) is 0. The van der Waals surface area contributed by atoms with Gasteiger partial charge in [-0.1, -0.05) is 82.3 Å². The maximum atomic E-state index is 15.1. The van der Waals surface area contributed by atoms with Crippen molar-refractivity contribution in [2.75, 3.05) is 13.2 Å². The molecule has 0 radical (unpaired) electrons. The summed E-state index contributed by atoms with van der Waals surface area (Å²) in [7, 11) is 0. The third-order valence-electron chi connectivity index (χ3n) is 7.52. The summed E-state index contributed by atoms with van der Waals surface area (Å²) >= 11 is 0. The molecule has 1 heterocycles. The Morgan fingerprint density at radius 1 is 0.763 bits per heavy atom. The molecule has 2 nitrogen and oxygen atoms in total. The number of benzene rings is 3. The summed E-state index contributed by atoms with van der Waals surface area (Å²) in [5, 5.41) is 0. The summed E-state index contributed by atoms with van der Waals surface area (Å²) in [5.41, 5.74) is 2.80. The number of rotatable bonds is 12. The first-order valence-electron chi connectivity index (χ1n) is 14.1. The van der Waals surface area contributed by atoms with Gasteiger partial charge in [0.1, 0.15) is 5.82 Å². The van der Waals surface area contributed by atoms with Crippen LogP contribution in [0.4, 0.5) is 13.2 Å². The lowest BCUT2D eigenvalue weighted by molar-refractivity contribution is -0.00211. The molecule has 3 aromatic rings. The second-order valence-corrected chi connectivity index (χ2v) is 10.3. The maximum absolute atomic E-state index is 15.1. The van der Waals surface area contributed by atoms with Crippen molar-refractivity contribution >= 4 is 0 Å². The number of hydrogen-bond donors (Lipinski definition) is 0. The first-order valence-corrected chi connectivity index (χ1v) is 14.1. The van der Waals surface area contributed by atoms with Gasteiger partial charge < -0.3 is 9.47 Å². The predicted molar refractivity (Wildman–Crippen MR) is 148 cm³/mol. The van der Waals surface area contributed by atoms with Gasteiger partial charge >= 0.3 is 0 Å². The molecular formula is C33H39F3O2. The fraction of sp³-hybridized carbons (Fsp3) is 0.455. The third-order valence-corrected chi connectivity index (χ3v) is 7.52. The number of hydrogen-bond acceptors (Lipinski definition) is 2. The number of unbranched alkanes of at least 4 members (excludes halogenated alkanes) is 4. The molecule has 0 saturated carbocycles. The van der Waals surface area contributed by atoms with Crippen LogP contribution in [0, 0.1) is 17.5 Å². The van der Waals surface area contributed by atoms with Crippen LogP contribution in [0.2, 0.25) is 0 Å². The Morgan fingerprint density at radius 3 is 2.11 bits per heavy atom. The van der Waals surface area contributed by atoms with Crippen LogP contribution in [0.5, 0.6) is 5.75 Å². The Kier molecular flexibility index (Phi) is 10.3. The van der Waals surface area contributed by atoms with E-state index < -0.39 is 11.6 Å².